The number of non-ortho nitro benzene ring substituents is 1. The van der Waals surface area contributed by atoms with Crippen LogP contribution >= 0.6 is 0 Å². The molecule has 1 aliphatic rings. The van der Waals surface area contributed by atoms with E-state index in [2.05, 4.69) is 16.0 Å². The monoisotopic (exact) mass is 458 g/mol. The van der Waals surface area contributed by atoms with Crippen molar-refractivity contribution in [2.75, 3.05) is 5.32 Å². The van der Waals surface area contributed by atoms with Crippen LogP contribution in [0.3, 0.4) is 0 Å². The van der Waals surface area contributed by atoms with E-state index >= 15 is 0 Å². The molecule has 9 heteroatoms. The molecule has 3 N–H and O–H groups in total. The lowest BCUT2D eigenvalue weighted by Crippen LogP contribution is -2.45. The van der Waals surface area contributed by atoms with Gasteiger partial charge in [0.15, 0.2) is 0 Å². The van der Waals surface area contributed by atoms with Crippen molar-refractivity contribution in [2.24, 2.45) is 0 Å². The highest BCUT2D eigenvalue weighted by Crippen LogP contribution is 2.29. The first-order valence-corrected chi connectivity index (χ1v) is 10.5. The van der Waals surface area contributed by atoms with E-state index in [9.17, 15) is 19.7 Å². The normalized spacial score (nSPS) is 15.2. The number of nitro benzene ring substituents is 1. The minimum atomic E-state index is -0.685. The molecule has 1 aliphatic heterocycles. The second-order valence-corrected chi connectivity index (χ2v) is 7.67. The minimum absolute atomic E-state index is 0.0764. The van der Waals surface area contributed by atoms with Gasteiger partial charge in [-0.25, -0.2) is 4.79 Å². The SMILES string of the molecule is CC1=C(C(=O)Nc2ccc([N+](=O)[O-])cc2)[C@@H](c2ccc(OCc3ccccc3)cc2)NC(=O)N1. The second kappa shape index (κ2) is 9.86. The molecule has 172 valence electrons. The number of carbonyl (C=O) groups excluding carboxylic acids is 2. The standard InChI is InChI=1S/C25H22N4O5/c1-16-22(24(30)27-19-9-11-20(12-10-19)29(32)33)23(28-25(31)26-16)18-7-13-21(14-8-18)34-15-17-5-3-2-4-6-17/h2-14,23H,15H2,1H3,(H,27,30)(H2,26,28,31)/t23-/m1/s1. The minimum Gasteiger partial charge on any atom is -0.489 e. The number of rotatable bonds is 7. The Bertz CT molecular complexity index is 1240. The summed E-state index contributed by atoms with van der Waals surface area (Å²) in [5, 5.41) is 19.0. The van der Waals surface area contributed by atoms with E-state index in [1.165, 1.54) is 24.3 Å². The van der Waals surface area contributed by atoms with Crippen molar-refractivity contribution < 1.29 is 19.2 Å². The van der Waals surface area contributed by atoms with Gasteiger partial charge in [0.1, 0.15) is 12.4 Å². The van der Waals surface area contributed by atoms with Gasteiger partial charge >= 0.3 is 6.03 Å². The zero-order valence-corrected chi connectivity index (χ0v) is 18.3. The number of urea groups is 1. The van der Waals surface area contributed by atoms with Gasteiger partial charge < -0.3 is 20.7 Å². The van der Waals surface area contributed by atoms with Crippen LogP contribution in [-0.2, 0) is 11.4 Å². The zero-order chi connectivity index (χ0) is 24.1. The Morgan fingerprint density at radius 1 is 1.03 bits per heavy atom. The maximum Gasteiger partial charge on any atom is 0.319 e. The highest BCUT2D eigenvalue weighted by atomic mass is 16.6. The summed E-state index contributed by atoms with van der Waals surface area (Å²) < 4.78 is 5.82. The van der Waals surface area contributed by atoms with Crippen molar-refractivity contribution in [3.05, 3.63) is 111 Å². The van der Waals surface area contributed by atoms with Gasteiger partial charge in [0.25, 0.3) is 11.6 Å². The average Bonchev–Trinajstić information content (AvgIpc) is 2.83. The Labute approximate surface area is 195 Å². The fourth-order valence-corrected chi connectivity index (χ4v) is 3.61. The summed E-state index contributed by atoms with van der Waals surface area (Å²) in [5.74, 6) is 0.221. The van der Waals surface area contributed by atoms with E-state index in [4.69, 9.17) is 4.74 Å². The van der Waals surface area contributed by atoms with Crippen molar-refractivity contribution in [1.82, 2.24) is 10.6 Å². The molecule has 0 aliphatic carbocycles. The third-order valence-electron chi connectivity index (χ3n) is 5.31. The Morgan fingerprint density at radius 2 is 1.71 bits per heavy atom. The van der Waals surface area contributed by atoms with E-state index in [1.807, 2.05) is 30.3 Å². The van der Waals surface area contributed by atoms with Crippen LogP contribution in [0.15, 0.2) is 90.1 Å². The van der Waals surface area contributed by atoms with Crippen molar-refractivity contribution in [3.8, 4) is 5.75 Å². The van der Waals surface area contributed by atoms with E-state index in [-0.39, 0.29) is 5.69 Å². The third kappa shape index (κ3) is 5.21. The number of amides is 3. The van der Waals surface area contributed by atoms with Crippen LogP contribution in [0.2, 0.25) is 0 Å². The van der Waals surface area contributed by atoms with E-state index in [0.29, 0.717) is 34.9 Å². The topological polar surface area (TPSA) is 123 Å². The zero-order valence-electron chi connectivity index (χ0n) is 18.3. The van der Waals surface area contributed by atoms with Crippen LogP contribution in [0.1, 0.15) is 24.1 Å². The molecule has 1 heterocycles. The van der Waals surface area contributed by atoms with Crippen LogP contribution in [-0.4, -0.2) is 16.9 Å². The summed E-state index contributed by atoms with van der Waals surface area (Å²) in [6, 6.07) is 21.4. The lowest BCUT2D eigenvalue weighted by atomic mass is 9.94. The Morgan fingerprint density at radius 3 is 2.35 bits per heavy atom. The second-order valence-electron chi connectivity index (χ2n) is 7.67. The molecule has 3 amide bonds. The lowest BCUT2D eigenvalue weighted by molar-refractivity contribution is -0.384. The first kappa shape index (κ1) is 22.5. The fraction of sp³-hybridized carbons (Fsp3) is 0.120. The number of anilines is 1. The van der Waals surface area contributed by atoms with Gasteiger partial charge in [-0.3, -0.25) is 14.9 Å². The Balaban J connectivity index is 1.51. The van der Waals surface area contributed by atoms with Gasteiger partial charge in [0.05, 0.1) is 16.5 Å². The van der Waals surface area contributed by atoms with Crippen LogP contribution in [0, 0.1) is 10.1 Å². The first-order chi connectivity index (χ1) is 16.4. The fourth-order valence-electron chi connectivity index (χ4n) is 3.61. The van der Waals surface area contributed by atoms with Crippen molar-refractivity contribution in [3.63, 3.8) is 0 Å². The molecule has 0 radical (unpaired) electrons. The van der Waals surface area contributed by atoms with Gasteiger partial charge in [0.2, 0.25) is 0 Å². The molecule has 3 aromatic carbocycles. The predicted molar refractivity (Wildman–Crippen MR) is 126 cm³/mol. The number of hydrogen-bond donors (Lipinski definition) is 3. The van der Waals surface area contributed by atoms with E-state index in [1.54, 1.807) is 31.2 Å². The van der Waals surface area contributed by atoms with Gasteiger partial charge in [0, 0.05) is 23.5 Å². The van der Waals surface area contributed by atoms with Gasteiger partial charge in [-0.2, -0.15) is 0 Å². The predicted octanol–water partition coefficient (Wildman–Crippen LogP) is 4.44. The van der Waals surface area contributed by atoms with Crippen LogP contribution in [0.5, 0.6) is 5.75 Å². The quantitative estimate of drug-likeness (QED) is 0.357. The number of carbonyl (C=O) groups is 2. The van der Waals surface area contributed by atoms with Crippen LogP contribution < -0.4 is 20.7 Å². The molecule has 0 aromatic heterocycles. The van der Waals surface area contributed by atoms with Crippen molar-refractivity contribution in [1.29, 1.82) is 0 Å². The highest BCUT2D eigenvalue weighted by Gasteiger charge is 2.31. The number of nitrogens with zero attached hydrogens (tertiary/aromatic N) is 1. The maximum absolute atomic E-state index is 13.1. The smallest absolute Gasteiger partial charge is 0.319 e. The molecule has 0 bridgehead atoms. The van der Waals surface area contributed by atoms with E-state index < -0.39 is 22.9 Å². The van der Waals surface area contributed by atoms with Crippen molar-refractivity contribution in [2.45, 2.75) is 19.6 Å². The molecule has 0 saturated carbocycles. The van der Waals surface area contributed by atoms with Crippen molar-refractivity contribution >= 4 is 23.3 Å². The number of nitrogens with one attached hydrogen (secondary N) is 3. The Hall–Kier alpha value is -4.66. The lowest BCUT2D eigenvalue weighted by Gasteiger charge is -2.28. The van der Waals surface area contributed by atoms with Gasteiger partial charge in [-0.15, -0.1) is 0 Å². The molecule has 0 unspecified atom stereocenters. The summed E-state index contributed by atoms with van der Waals surface area (Å²) in [5.41, 5.74) is 2.81. The number of hydrogen-bond acceptors (Lipinski definition) is 5. The molecule has 0 saturated heterocycles. The largest absolute Gasteiger partial charge is 0.489 e. The van der Waals surface area contributed by atoms with Gasteiger partial charge in [-0.05, 0) is 42.3 Å². The van der Waals surface area contributed by atoms with Crippen LogP contribution in [0.4, 0.5) is 16.2 Å². The molecule has 0 spiro atoms. The highest BCUT2D eigenvalue weighted by molar-refractivity contribution is 6.06. The summed E-state index contributed by atoms with van der Waals surface area (Å²) in [7, 11) is 0. The number of allylic oxidation sites excluding steroid dienone is 1. The summed E-state index contributed by atoms with van der Waals surface area (Å²) in [6.45, 7) is 2.07. The van der Waals surface area contributed by atoms with Crippen LogP contribution in [0.25, 0.3) is 0 Å². The van der Waals surface area contributed by atoms with Gasteiger partial charge in [-0.1, -0.05) is 42.5 Å². The Kier molecular flexibility index (Phi) is 6.54. The molecular formula is C25H22N4O5. The summed E-state index contributed by atoms with van der Waals surface area (Å²) >= 11 is 0. The summed E-state index contributed by atoms with van der Waals surface area (Å²) in [4.78, 5) is 35.6. The maximum atomic E-state index is 13.1. The summed E-state index contributed by atoms with van der Waals surface area (Å²) in [6.07, 6.45) is 0. The molecule has 3 aromatic rings. The molecule has 1 atom stereocenters. The third-order valence-corrected chi connectivity index (χ3v) is 5.31. The molecular weight excluding hydrogens is 436 g/mol. The molecule has 9 nitrogen and oxygen atoms in total. The van der Waals surface area contributed by atoms with E-state index in [0.717, 1.165) is 5.56 Å². The molecule has 4 rings (SSSR count). The number of ether oxygens (including phenoxy) is 1. The number of nitro groups is 1. The molecule has 34 heavy (non-hydrogen) atoms. The average molecular weight is 458 g/mol. The molecule has 0 fully saturated rings. The first-order valence-electron chi connectivity index (χ1n) is 10.5. The number of benzene rings is 3.